The van der Waals surface area contributed by atoms with E-state index >= 15 is 0 Å². The summed E-state index contributed by atoms with van der Waals surface area (Å²) in [7, 11) is 0. The molecule has 7 nitrogen and oxygen atoms in total. The first-order valence-corrected chi connectivity index (χ1v) is 7.59. The summed E-state index contributed by atoms with van der Waals surface area (Å²) in [6, 6.07) is 0. The van der Waals surface area contributed by atoms with Crippen LogP contribution in [0, 0.1) is 0 Å². The number of allylic oxidation sites excluding steroid dienone is 1. The Labute approximate surface area is 137 Å². The smallest absolute Gasteiger partial charge is 0.409 e. The second kappa shape index (κ2) is 9.17. The van der Waals surface area contributed by atoms with Crippen molar-refractivity contribution in [3.05, 3.63) is 12.2 Å². The van der Waals surface area contributed by atoms with Crippen molar-refractivity contribution < 1.29 is 28.6 Å². The first-order chi connectivity index (χ1) is 10.6. The lowest BCUT2D eigenvalue weighted by Crippen LogP contribution is -2.61. The number of carbonyl (C=O) groups is 3. The Bertz CT molecular complexity index is 432. The van der Waals surface area contributed by atoms with Crippen molar-refractivity contribution >= 4 is 18.0 Å². The fraction of sp³-hybridized carbons (Fsp3) is 0.688. The van der Waals surface area contributed by atoms with Crippen LogP contribution in [0.5, 0.6) is 0 Å². The molecule has 0 unspecified atom stereocenters. The Kier molecular flexibility index (Phi) is 8.35. The molecule has 7 heteroatoms. The number of carbonyl (C=O) groups excluding carboxylic acids is 3. The van der Waals surface area contributed by atoms with Gasteiger partial charge in [-0.2, -0.15) is 0 Å². The topological polar surface area (TPSA) is 90.9 Å². The third kappa shape index (κ3) is 6.71. The number of hydrogen-bond donors (Lipinski definition) is 1. The summed E-state index contributed by atoms with van der Waals surface area (Å²) in [5.41, 5.74) is -2.75. The van der Waals surface area contributed by atoms with E-state index in [1.165, 1.54) is 0 Å². The van der Waals surface area contributed by atoms with Gasteiger partial charge in [-0.25, -0.2) is 14.4 Å². The standard InChI is InChI=1S/C16H27NO6/c1-7-10-11-16(12(18)21-8-2,13(19)22-9-3)17-14(20)23-15(4,5)6/h7,10H,8-9,11H2,1-6H3,(H,17,20)/b10-7+. The van der Waals surface area contributed by atoms with Gasteiger partial charge in [-0.15, -0.1) is 0 Å². The lowest BCUT2D eigenvalue weighted by atomic mass is 9.95. The van der Waals surface area contributed by atoms with Crippen molar-refractivity contribution in [3.8, 4) is 0 Å². The van der Waals surface area contributed by atoms with E-state index in [-0.39, 0.29) is 19.6 Å². The van der Waals surface area contributed by atoms with Crippen LogP contribution < -0.4 is 5.32 Å². The zero-order chi connectivity index (χ0) is 18.1. The van der Waals surface area contributed by atoms with Crippen LogP contribution in [-0.2, 0) is 23.8 Å². The van der Waals surface area contributed by atoms with Gasteiger partial charge in [-0.1, -0.05) is 12.2 Å². The Morgan fingerprint density at radius 1 is 1.00 bits per heavy atom. The highest BCUT2D eigenvalue weighted by Gasteiger charge is 2.50. The molecule has 0 heterocycles. The molecule has 0 rings (SSSR count). The molecule has 0 aromatic carbocycles. The van der Waals surface area contributed by atoms with Crippen molar-refractivity contribution in [1.29, 1.82) is 0 Å². The summed E-state index contributed by atoms with van der Waals surface area (Å²) < 4.78 is 15.1. The van der Waals surface area contributed by atoms with Gasteiger partial charge >= 0.3 is 18.0 Å². The quantitative estimate of drug-likeness (QED) is 0.334. The van der Waals surface area contributed by atoms with E-state index in [4.69, 9.17) is 14.2 Å². The Morgan fingerprint density at radius 3 is 1.83 bits per heavy atom. The minimum absolute atomic E-state index is 0.0613. The van der Waals surface area contributed by atoms with Crippen molar-refractivity contribution in [2.45, 2.75) is 59.1 Å². The fourth-order valence-electron chi connectivity index (χ4n) is 1.68. The van der Waals surface area contributed by atoms with Gasteiger partial charge in [0.2, 0.25) is 5.54 Å². The second-order valence-electron chi connectivity index (χ2n) is 5.75. The normalized spacial score (nSPS) is 11.9. The third-order valence-corrected chi connectivity index (χ3v) is 2.62. The zero-order valence-corrected chi connectivity index (χ0v) is 14.7. The monoisotopic (exact) mass is 329 g/mol. The van der Waals surface area contributed by atoms with Crippen LogP contribution >= 0.6 is 0 Å². The molecule has 0 bridgehead atoms. The predicted octanol–water partition coefficient (Wildman–Crippen LogP) is 2.34. The maximum absolute atomic E-state index is 12.4. The van der Waals surface area contributed by atoms with E-state index < -0.39 is 29.2 Å². The lowest BCUT2D eigenvalue weighted by Gasteiger charge is -2.30. The SMILES string of the molecule is C/C=C/CC(NC(=O)OC(C)(C)C)(C(=O)OCC)C(=O)OCC. The number of rotatable bonds is 7. The lowest BCUT2D eigenvalue weighted by molar-refractivity contribution is -0.166. The highest BCUT2D eigenvalue weighted by Crippen LogP contribution is 2.19. The van der Waals surface area contributed by atoms with Crippen molar-refractivity contribution in [2.75, 3.05) is 13.2 Å². The largest absolute Gasteiger partial charge is 0.464 e. The molecule has 1 amide bonds. The Hall–Kier alpha value is -2.05. The van der Waals surface area contributed by atoms with Gasteiger partial charge in [0, 0.05) is 6.42 Å². The molecule has 0 aromatic rings. The maximum atomic E-state index is 12.4. The van der Waals surface area contributed by atoms with Gasteiger partial charge in [0.05, 0.1) is 13.2 Å². The molecule has 0 saturated heterocycles. The van der Waals surface area contributed by atoms with E-state index in [0.29, 0.717) is 0 Å². The van der Waals surface area contributed by atoms with E-state index in [2.05, 4.69) is 5.32 Å². The molecule has 0 saturated carbocycles. The molecule has 23 heavy (non-hydrogen) atoms. The molecular weight excluding hydrogens is 302 g/mol. The van der Waals surface area contributed by atoms with Crippen LogP contribution in [-0.4, -0.2) is 42.4 Å². The number of alkyl carbamates (subject to hydrolysis) is 1. The first kappa shape index (κ1) is 20.9. The van der Waals surface area contributed by atoms with Gasteiger partial charge in [0.25, 0.3) is 0 Å². The molecule has 132 valence electrons. The molecule has 1 N–H and O–H groups in total. The summed E-state index contributed by atoms with van der Waals surface area (Å²) in [6.45, 7) is 10.1. The molecule has 0 spiro atoms. The van der Waals surface area contributed by atoms with Gasteiger partial charge in [0.15, 0.2) is 0 Å². The van der Waals surface area contributed by atoms with E-state index in [0.717, 1.165) is 0 Å². The highest BCUT2D eigenvalue weighted by atomic mass is 16.6. The van der Waals surface area contributed by atoms with E-state index in [1.54, 1.807) is 53.7 Å². The van der Waals surface area contributed by atoms with Crippen LogP contribution in [0.2, 0.25) is 0 Å². The van der Waals surface area contributed by atoms with Crippen LogP contribution in [0.25, 0.3) is 0 Å². The maximum Gasteiger partial charge on any atom is 0.409 e. The molecule has 0 aromatic heterocycles. The summed E-state index contributed by atoms with van der Waals surface area (Å²) in [5.74, 6) is -1.77. The Morgan fingerprint density at radius 2 is 1.48 bits per heavy atom. The van der Waals surface area contributed by atoms with Crippen LogP contribution in [0.3, 0.4) is 0 Å². The zero-order valence-electron chi connectivity index (χ0n) is 14.7. The predicted molar refractivity (Wildman–Crippen MR) is 84.8 cm³/mol. The number of hydrogen-bond acceptors (Lipinski definition) is 6. The van der Waals surface area contributed by atoms with E-state index in [1.807, 2.05) is 0 Å². The molecular formula is C16H27NO6. The van der Waals surface area contributed by atoms with Gasteiger partial charge in [-0.3, -0.25) is 5.32 Å². The fourth-order valence-corrected chi connectivity index (χ4v) is 1.68. The van der Waals surface area contributed by atoms with Gasteiger partial charge in [0.1, 0.15) is 5.60 Å². The number of nitrogens with one attached hydrogen (secondary N) is 1. The molecule has 0 atom stereocenters. The van der Waals surface area contributed by atoms with Crippen molar-refractivity contribution in [1.82, 2.24) is 5.32 Å². The molecule has 0 aliphatic rings. The number of amides is 1. The van der Waals surface area contributed by atoms with Crippen molar-refractivity contribution in [3.63, 3.8) is 0 Å². The third-order valence-electron chi connectivity index (χ3n) is 2.62. The molecule has 0 aliphatic carbocycles. The second-order valence-corrected chi connectivity index (χ2v) is 5.75. The average molecular weight is 329 g/mol. The average Bonchev–Trinajstić information content (AvgIpc) is 2.41. The first-order valence-electron chi connectivity index (χ1n) is 7.59. The summed E-state index contributed by atoms with van der Waals surface area (Å²) in [4.78, 5) is 36.8. The summed E-state index contributed by atoms with van der Waals surface area (Å²) in [6.07, 6.45) is 2.23. The number of ether oxygens (including phenoxy) is 3. The minimum atomic E-state index is -1.97. The summed E-state index contributed by atoms with van der Waals surface area (Å²) in [5, 5.41) is 2.33. The number of esters is 2. The highest BCUT2D eigenvalue weighted by molar-refractivity contribution is 6.07. The van der Waals surface area contributed by atoms with Crippen LogP contribution in [0.15, 0.2) is 12.2 Å². The van der Waals surface area contributed by atoms with Gasteiger partial charge < -0.3 is 14.2 Å². The molecule has 0 fully saturated rings. The van der Waals surface area contributed by atoms with Crippen LogP contribution in [0.1, 0.15) is 48.0 Å². The molecule has 0 radical (unpaired) electrons. The molecule has 0 aliphatic heterocycles. The summed E-state index contributed by atoms with van der Waals surface area (Å²) >= 11 is 0. The van der Waals surface area contributed by atoms with Crippen LogP contribution in [0.4, 0.5) is 4.79 Å². The van der Waals surface area contributed by atoms with Gasteiger partial charge in [-0.05, 0) is 41.5 Å². The van der Waals surface area contributed by atoms with Crippen molar-refractivity contribution in [2.24, 2.45) is 0 Å². The van der Waals surface area contributed by atoms with E-state index in [9.17, 15) is 14.4 Å². The minimum Gasteiger partial charge on any atom is -0.464 e. The Balaban J connectivity index is 5.64.